The molecule has 0 rings (SSSR count). The summed E-state index contributed by atoms with van der Waals surface area (Å²) in [5.74, 6) is 10.1. The SMILES string of the molecule is C[N+](C)(N)N. The summed E-state index contributed by atoms with van der Waals surface area (Å²) in [6, 6.07) is 0. The van der Waals surface area contributed by atoms with Gasteiger partial charge in [0, 0.05) is 0 Å². The molecule has 0 fully saturated rings. The van der Waals surface area contributed by atoms with E-state index in [0.29, 0.717) is 0 Å². The number of quaternary nitrogens is 1. The predicted octanol–water partition coefficient (Wildman–Crippen LogP) is -1.19. The van der Waals surface area contributed by atoms with Crippen LogP contribution in [-0.2, 0) is 0 Å². The predicted molar refractivity (Wildman–Crippen MR) is 20.5 cm³/mol. The topological polar surface area (TPSA) is 52.0 Å². The molecule has 0 aliphatic rings. The molecule has 5 heavy (non-hydrogen) atoms. The van der Waals surface area contributed by atoms with E-state index in [2.05, 4.69) is 0 Å². The van der Waals surface area contributed by atoms with Gasteiger partial charge in [-0.05, 0) is 0 Å². The Kier molecular flexibility index (Phi) is 0.908. The second-order valence-electron chi connectivity index (χ2n) is 1.63. The van der Waals surface area contributed by atoms with Crippen molar-refractivity contribution in [2.75, 3.05) is 14.1 Å². The Hall–Kier alpha value is -0.120. The molecule has 0 amide bonds. The molecule has 3 nitrogen and oxygen atoms in total. The molecule has 0 aliphatic carbocycles. The van der Waals surface area contributed by atoms with Crippen molar-refractivity contribution < 1.29 is 4.70 Å². The lowest BCUT2D eigenvalue weighted by Gasteiger charge is -2.11. The smallest absolute Gasteiger partial charge is 0.104 e. The van der Waals surface area contributed by atoms with Gasteiger partial charge in [-0.25, -0.2) is 0 Å². The van der Waals surface area contributed by atoms with Gasteiger partial charge in [-0.3, -0.25) is 0 Å². The van der Waals surface area contributed by atoms with Gasteiger partial charge in [0.25, 0.3) is 0 Å². The maximum absolute atomic E-state index is 5.07. The average molecular weight is 76.1 g/mol. The zero-order chi connectivity index (χ0) is 4.50. The van der Waals surface area contributed by atoms with E-state index in [0.717, 1.165) is 0 Å². The lowest BCUT2D eigenvalue weighted by molar-refractivity contribution is -0.914. The minimum atomic E-state index is 0. The Bertz CT molecular complexity index is 20.4. The first kappa shape index (κ1) is 4.88. The maximum atomic E-state index is 5.07. The summed E-state index contributed by atoms with van der Waals surface area (Å²) in [6.45, 7) is 0. The number of nitrogens with zero attached hydrogens (tertiary/aromatic N) is 1. The molecule has 0 aromatic carbocycles. The van der Waals surface area contributed by atoms with Crippen molar-refractivity contribution >= 4 is 0 Å². The molecule has 0 saturated carbocycles. The molecule has 0 bridgehead atoms. The van der Waals surface area contributed by atoms with Gasteiger partial charge in [0.1, 0.15) is 14.1 Å². The van der Waals surface area contributed by atoms with Crippen LogP contribution in [0, 0.1) is 0 Å². The third kappa shape index (κ3) is 952. The maximum Gasteiger partial charge on any atom is 0.104 e. The largest absolute Gasteiger partial charge is 0.181 e. The van der Waals surface area contributed by atoms with Gasteiger partial charge in [-0.2, -0.15) is 16.4 Å². The highest BCUT2D eigenvalue weighted by atomic mass is 15.7. The molecular formula is C2H10N3+. The highest BCUT2D eigenvalue weighted by Gasteiger charge is 1.90. The summed E-state index contributed by atoms with van der Waals surface area (Å²) < 4.78 is 0. The lowest BCUT2D eigenvalue weighted by Crippen LogP contribution is -2.53. The van der Waals surface area contributed by atoms with Crippen molar-refractivity contribution in [1.82, 2.24) is 0 Å². The second kappa shape index (κ2) is 0.931. The molecule has 0 aromatic heterocycles. The standard InChI is InChI=1S/C2H10N3/c1-5(2,3)4/h3-4H2,1-2H3/q+1. The van der Waals surface area contributed by atoms with Crippen LogP contribution in [0.2, 0.25) is 0 Å². The number of hydrogen-bond donors (Lipinski definition) is 2. The summed E-state index contributed by atoms with van der Waals surface area (Å²) in [5, 5.41) is 0. The van der Waals surface area contributed by atoms with Gasteiger partial charge in [0.15, 0.2) is 0 Å². The molecule has 0 aromatic rings. The molecule has 0 aliphatic heterocycles. The zero-order valence-corrected chi connectivity index (χ0v) is 3.60. The van der Waals surface area contributed by atoms with Crippen LogP contribution in [0.4, 0.5) is 0 Å². The Morgan fingerprint density at radius 1 is 1.20 bits per heavy atom. The van der Waals surface area contributed by atoms with Crippen LogP contribution in [0.15, 0.2) is 0 Å². The molecule has 0 heterocycles. The van der Waals surface area contributed by atoms with E-state index >= 15 is 0 Å². The van der Waals surface area contributed by atoms with Crippen LogP contribution < -0.4 is 11.7 Å². The van der Waals surface area contributed by atoms with Crippen LogP contribution in [0.1, 0.15) is 0 Å². The Balaban J connectivity index is 3.02. The van der Waals surface area contributed by atoms with E-state index in [1.165, 1.54) is 0 Å². The molecule has 0 radical (unpaired) electrons. The highest BCUT2D eigenvalue weighted by Crippen LogP contribution is 1.57. The third-order valence-electron chi connectivity index (χ3n) is 0. The first-order chi connectivity index (χ1) is 2.00. The van der Waals surface area contributed by atoms with Crippen LogP contribution >= 0.6 is 0 Å². The fraction of sp³-hybridized carbons (Fsp3) is 1.00. The highest BCUT2D eigenvalue weighted by molar-refractivity contribution is 3.72. The summed E-state index contributed by atoms with van der Waals surface area (Å²) in [4.78, 5) is 0. The number of hydrogen-bond acceptors (Lipinski definition) is 2. The van der Waals surface area contributed by atoms with Crippen LogP contribution in [0.25, 0.3) is 0 Å². The molecule has 32 valence electrons. The van der Waals surface area contributed by atoms with E-state index in [1.54, 1.807) is 14.1 Å². The van der Waals surface area contributed by atoms with Crippen LogP contribution in [-0.4, -0.2) is 18.8 Å². The van der Waals surface area contributed by atoms with Crippen molar-refractivity contribution in [3.05, 3.63) is 0 Å². The monoisotopic (exact) mass is 76.1 g/mol. The molecule has 0 spiro atoms. The molecule has 0 unspecified atom stereocenters. The van der Waals surface area contributed by atoms with Gasteiger partial charge in [0.2, 0.25) is 0 Å². The second-order valence-corrected chi connectivity index (χ2v) is 1.63. The first-order valence-corrected chi connectivity index (χ1v) is 1.41. The quantitative estimate of drug-likeness (QED) is 0.216. The number of rotatable bonds is 0. The van der Waals surface area contributed by atoms with Crippen molar-refractivity contribution in [2.24, 2.45) is 11.7 Å². The minimum absolute atomic E-state index is 0. The minimum Gasteiger partial charge on any atom is -0.181 e. The van der Waals surface area contributed by atoms with Crippen molar-refractivity contribution in [3.8, 4) is 0 Å². The molecular weight excluding hydrogens is 66.0 g/mol. The summed E-state index contributed by atoms with van der Waals surface area (Å²) in [6.07, 6.45) is 0. The van der Waals surface area contributed by atoms with E-state index in [4.69, 9.17) is 11.7 Å². The van der Waals surface area contributed by atoms with Gasteiger partial charge in [-0.1, -0.05) is 0 Å². The lowest BCUT2D eigenvalue weighted by atomic mass is 11.1. The van der Waals surface area contributed by atoms with Crippen molar-refractivity contribution in [1.29, 1.82) is 0 Å². The average Bonchev–Trinajstić information content (AvgIpc) is 0.722. The Labute approximate surface area is 31.7 Å². The summed E-state index contributed by atoms with van der Waals surface area (Å²) in [7, 11) is 3.36. The van der Waals surface area contributed by atoms with E-state index in [-0.39, 0.29) is 4.70 Å². The first-order valence-electron chi connectivity index (χ1n) is 1.41. The van der Waals surface area contributed by atoms with E-state index in [9.17, 15) is 0 Å². The van der Waals surface area contributed by atoms with E-state index < -0.39 is 0 Å². The van der Waals surface area contributed by atoms with Crippen molar-refractivity contribution in [2.45, 2.75) is 0 Å². The van der Waals surface area contributed by atoms with Gasteiger partial charge in [-0.15, -0.1) is 0 Å². The van der Waals surface area contributed by atoms with Crippen LogP contribution in [0.5, 0.6) is 0 Å². The number of nitrogens with two attached hydrogens (primary N) is 2. The van der Waals surface area contributed by atoms with E-state index in [1.807, 2.05) is 0 Å². The molecule has 0 saturated heterocycles. The molecule has 0 atom stereocenters. The summed E-state index contributed by atoms with van der Waals surface area (Å²) in [5.41, 5.74) is 0. The summed E-state index contributed by atoms with van der Waals surface area (Å²) >= 11 is 0. The third-order valence-corrected chi connectivity index (χ3v) is 0. The Morgan fingerprint density at radius 3 is 1.20 bits per heavy atom. The van der Waals surface area contributed by atoms with Crippen LogP contribution in [0.3, 0.4) is 0 Å². The fourth-order valence-corrected chi connectivity index (χ4v) is 0. The van der Waals surface area contributed by atoms with Gasteiger partial charge in [0.05, 0.1) is 0 Å². The molecule has 3 heteroatoms. The fourth-order valence-electron chi connectivity index (χ4n) is 0. The van der Waals surface area contributed by atoms with Gasteiger partial charge >= 0.3 is 0 Å². The Morgan fingerprint density at radius 2 is 1.20 bits per heavy atom. The van der Waals surface area contributed by atoms with Crippen molar-refractivity contribution in [3.63, 3.8) is 0 Å². The van der Waals surface area contributed by atoms with Gasteiger partial charge < -0.3 is 0 Å². The zero-order valence-electron chi connectivity index (χ0n) is 3.60. The normalized spacial score (nSPS) is 12.0. The molecule has 4 N–H and O–H groups in total.